The minimum atomic E-state index is -0.310. The van der Waals surface area contributed by atoms with Crippen molar-refractivity contribution in [3.8, 4) is 11.5 Å². The molecule has 0 saturated carbocycles. The second-order valence-electron chi connectivity index (χ2n) is 6.31. The summed E-state index contributed by atoms with van der Waals surface area (Å²) in [6, 6.07) is 11.8. The molecule has 0 aliphatic carbocycles. The van der Waals surface area contributed by atoms with E-state index >= 15 is 0 Å². The Labute approximate surface area is 164 Å². The number of ether oxygens (including phenoxy) is 2. The van der Waals surface area contributed by atoms with Gasteiger partial charge in [-0.2, -0.15) is 0 Å². The van der Waals surface area contributed by atoms with E-state index in [1.165, 1.54) is 21.0 Å². The predicted octanol–water partition coefficient (Wildman–Crippen LogP) is 3.11. The number of Topliss-reactive ketones (excluding diaryl/α,β-unsaturated/α-hetero) is 1. The first-order valence-corrected chi connectivity index (χ1v) is 8.79. The van der Waals surface area contributed by atoms with Gasteiger partial charge in [-0.15, -0.1) is 0 Å². The van der Waals surface area contributed by atoms with Gasteiger partial charge in [0.15, 0.2) is 23.9 Å². The van der Waals surface area contributed by atoms with E-state index in [0.717, 1.165) is 5.56 Å². The lowest BCUT2D eigenvalue weighted by molar-refractivity contribution is -0.123. The molecule has 0 bridgehead atoms. The zero-order valence-electron chi connectivity index (χ0n) is 16.4. The summed E-state index contributed by atoms with van der Waals surface area (Å²) in [5.74, 6) is 0.208. The Morgan fingerprint density at radius 2 is 1.79 bits per heavy atom. The first kappa shape index (κ1) is 21.0. The van der Waals surface area contributed by atoms with E-state index in [2.05, 4.69) is 10.6 Å². The van der Waals surface area contributed by atoms with Gasteiger partial charge in [0.2, 0.25) is 5.91 Å². The average molecular weight is 384 g/mol. The molecule has 2 aromatic rings. The predicted molar refractivity (Wildman–Crippen MR) is 106 cm³/mol. The van der Waals surface area contributed by atoms with E-state index in [-0.39, 0.29) is 30.2 Å². The fourth-order valence-electron chi connectivity index (χ4n) is 2.60. The van der Waals surface area contributed by atoms with Crippen LogP contribution in [0.5, 0.6) is 11.5 Å². The molecule has 0 spiro atoms. The summed E-state index contributed by atoms with van der Waals surface area (Å²) in [6.45, 7) is 4.54. The Morgan fingerprint density at radius 1 is 1.04 bits per heavy atom. The van der Waals surface area contributed by atoms with Crippen LogP contribution in [0.15, 0.2) is 42.5 Å². The minimum absolute atomic E-state index is 0.0853. The summed E-state index contributed by atoms with van der Waals surface area (Å²) >= 11 is 0. The van der Waals surface area contributed by atoms with E-state index in [1.54, 1.807) is 36.4 Å². The highest BCUT2D eigenvalue weighted by atomic mass is 16.5. The average Bonchev–Trinajstić information content (AvgIpc) is 2.65. The van der Waals surface area contributed by atoms with Crippen LogP contribution in [0.3, 0.4) is 0 Å². The fraction of sp³-hybridized carbons (Fsp3) is 0.286. The van der Waals surface area contributed by atoms with Crippen molar-refractivity contribution >= 4 is 23.3 Å². The van der Waals surface area contributed by atoms with Crippen LogP contribution in [0.2, 0.25) is 0 Å². The Balaban J connectivity index is 1.97. The SMILES string of the molecule is COc1cc(C(C)=O)ccc1OCC(=O)NC(C)c1cccc(NC(C)=O)c1. The Bertz CT molecular complexity index is 879. The number of carbonyl (C=O) groups is 3. The molecule has 2 aromatic carbocycles. The summed E-state index contributed by atoms with van der Waals surface area (Å²) < 4.78 is 10.8. The van der Waals surface area contributed by atoms with Crippen molar-refractivity contribution in [3.05, 3.63) is 53.6 Å². The van der Waals surface area contributed by atoms with Crippen LogP contribution in [-0.2, 0) is 9.59 Å². The first-order valence-electron chi connectivity index (χ1n) is 8.79. The lowest BCUT2D eigenvalue weighted by Gasteiger charge is -2.16. The number of benzene rings is 2. The third kappa shape index (κ3) is 5.84. The van der Waals surface area contributed by atoms with Gasteiger partial charge < -0.3 is 20.1 Å². The molecule has 0 fully saturated rings. The van der Waals surface area contributed by atoms with Crippen LogP contribution in [0.4, 0.5) is 5.69 Å². The maximum atomic E-state index is 12.2. The van der Waals surface area contributed by atoms with E-state index in [4.69, 9.17) is 9.47 Å². The van der Waals surface area contributed by atoms with Crippen molar-refractivity contribution in [3.63, 3.8) is 0 Å². The van der Waals surface area contributed by atoms with Crippen molar-refractivity contribution in [1.29, 1.82) is 0 Å². The summed E-state index contributed by atoms with van der Waals surface area (Å²) in [6.07, 6.45) is 0. The molecule has 148 valence electrons. The molecule has 0 saturated heterocycles. The lowest BCUT2D eigenvalue weighted by Crippen LogP contribution is -2.31. The molecular formula is C21H24N2O5. The van der Waals surface area contributed by atoms with Gasteiger partial charge in [-0.1, -0.05) is 12.1 Å². The van der Waals surface area contributed by atoms with Crippen molar-refractivity contribution in [2.75, 3.05) is 19.0 Å². The molecule has 0 aliphatic heterocycles. The third-order valence-corrected chi connectivity index (χ3v) is 4.01. The summed E-state index contributed by atoms with van der Waals surface area (Å²) in [5, 5.41) is 5.55. The Morgan fingerprint density at radius 3 is 2.43 bits per heavy atom. The number of nitrogens with one attached hydrogen (secondary N) is 2. The number of hydrogen-bond donors (Lipinski definition) is 2. The molecule has 2 amide bonds. The van der Waals surface area contributed by atoms with Gasteiger partial charge >= 0.3 is 0 Å². The van der Waals surface area contributed by atoms with Gasteiger partial charge in [0.1, 0.15) is 0 Å². The number of carbonyl (C=O) groups excluding carboxylic acids is 3. The number of anilines is 1. The largest absolute Gasteiger partial charge is 0.493 e. The minimum Gasteiger partial charge on any atom is -0.493 e. The molecular weight excluding hydrogens is 360 g/mol. The fourth-order valence-corrected chi connectivity index (χ4v) is 2.60. The van der Waals surface area contributed by atoms with Crippen LogP contribution in [0.1, 0.15) is 42.7 Å². The highest BCUT2D eigenvalue weighted by molar-refractivity contribution is 5.94. The van der Waals surface area contributed by atoms with Crippen molar-refractivity contribution < 1.29 is 23.9 Å². The second-order valence-corrected chi connectivity index (χ2v) is 6.31. The summed E-state index contributed by atoms with van der Waals surface area (Å²) in [5.41, 5.74) is 2.02. The molecule has 0 radical (unpaired) electrons. The van der Waals surface area contributed by atoms with Crippen molar-refractivity contribution in [2.45, 2.75) is 26.8 Å². The molecule has 1 unspecified atom stereocenters. The van der Waals surface area contributed by atoms with Crippen LogP contribution < -0.4 is 20.1 Å². The van der Waals surface area contributed by atoms with E-state index in [1.807, 2.05) is 13.0 Å². The van der Waals surface area contributed by atoms with Crippen molar-refractivity contribution in [2.24, 2.45) is 0 Å². The zero-order valence-corrected chi connectivity index (χ0v) is 16.4. The number of hydrogen-bond acceptors (Lipinski definition) is 5. The molecule has 2 rings (SSSR count). The highest BCUT2D eigenvalue weighted by Gasteiger charge is 2.13. The van der Waals surface area contributed by atoms with Crippen LogP contribution in [0, 0.1) is 0 Å². The molecule has 2 N–H and O–H groups in total. The van der Waals surface area contributed by atoms with Gasteiger partial charge in [0.05, 0.1) is 13.2 Å². The summed E-state index contributed by atoms with van der Waals surface area (Å²) in [4.78, 5) is 34.9. The van der Waals surface area contributed by atoms with Gasteiger partial charge in [-0.05, 0) is 49.7 Å². The molecule has 7 heteroatoms. The molecule has 7 nitrogen and oxygen atoms in total. The number of methoxy groups -OCH3 is 1. The lowest BCUT2D eigenvalue weighted by atomic mass is 10.1. The van der Waals surface area contributed by atoms with Crippen LogP contribution in [-0.4, -0.2) is 31.3 Å². The molecule has 0 heterocycles. The van der Waals surface area contributed by atoms with Gasteiger partial charge in [-0.25, -0.2) is 0 Å². The smallest absolute Gasteiger partial charge is 0.258 e. The van der Waals surface area contributed by atoms with Gasteiger partial charge in [0.25, 0.3) is 5.91 Å². The monoisotopic (exact) mass is 384 g/mol. The zero-order chi connectivity index (χ0) is 20.7. The first-order chi connectivity index (χ1) is 13.3. The Hall–Kier alpha value is -3.35. The maximum Gasteiger partial charge on any atom is 0.258 e. The normalized spacial score (nSPS) is 11.3. The Kier molecular flexibility index (Phi) is 7.14. The molecule has 1 atom stereocenters. The number of ketones is 1. The van der Waals surface area contributed by atoms with E-state index < -0.39 is 0 Å². The molecule has 0 aromatic heterocycles. The quantitative estimate of drug-likeness (QED) is 0.682. The summed E-state index contributed by atoms with van der Waals surface area (Å²) in [7, 11) is 1.47. The number of rotatable bonds is 8. The molecule has 28 heavy (non-hydrogen) atoms. The molecule has 0 aliphatic rings. The number of amides is 2. The van der Waals surface area contributed by atoms with Crippen LogP contribution >= 0.6 is 0 Å². The van der Waals surface area contributed by atoms with Crippen LogP contribution in [0.25, 0.3) is 0 Å². The third-order valence-electron chi connectivity index (χ3n) is 4.01. The van der Waals surface area contributed by atoms with Gasteiger partial charge in [0, 0.05) is 18.2 Å². The maximum absolute atomic E-state index is 12.2. The highest BCUT2D eigenvalue weighted by Crippen LogP contribution is 2.28. The van der Waals surface area contributed by atoms with E-state index in [0.29, 0.717) is 22.7 Å². The van der Waals surface area contributed by atoms with Crippen molar-refractivity contribution in [1.82, 2.24) is 5.32 Å². The van der Waals surface area contributed by atoms with E-state index in [9.17, 15) is 14.4 Å². The second kappa shape index (κ2) is 9.55. The van der Waals surface area contributed by atoms with Gasteiger partial charge in [-0.3, -0.25) is 14.4 Å². The standard InChI is InChI=1S/C21H24N2O5/c1-13(16-6-5-7-18(10-16)23-15(3)25)22-21(26)12-28-19-9-8-17(14(2)24)11-20(19)27-4/h5-11,13H,12H2,1-4H3,(H,22,26)(H,23,25). The topological polar surface area (TPSA) is 93.7 Å².